The molecule has 4 fully saturated rings. The fourth-order valence-electron chi connectivity index (χ4n) is 12.4. The standard InChI is InChI=1S/C27H42N4O4.C17H31N3O3.C14H27N3O2.C8H18N2O2.C8H16N2O2.C5H12N2O2.C3H10N2.ClH/c1-21(2)31(28-27(34)25(18-30(35)20-32)17-23-10-6-7-11-23)19-26(33)29-14-12-24(13-15-29)16-22-8-4-3-5-9-22;1-13(2)20(10-14(3)22)18-17(23)16(11-19(4)12-21)9-15-7-5-6-8-15;1-11(2)15-16-14(19)13(9-17(3)10-18)8-12-6-4-5-7-12;2*1-6(2)9-10-7(11)12-8(3,4)5;1-5(2,3)9-4(8)7-6;1-3(2)5-4;/h3-5,8-9,20-21,23-25,35H,6-7,10-19H2,1-2H3,(H,28,34);12-13,15-16H,5-11H2,1-4H3,(H,18,23);10-13,15H,4-9H2,1-3H3,(H,16,19);6,9H,1-5H3,(H,10,11);1-5H3,(H,10,11);6H2,1-3H3,(H,7,8);3,5H,4H2,1-2H3;1H/t25-;16-;13-;;;;;/m111...../s1. The van der Waals surface area contributed by atoms with E-state index in [1.807, 2.05) is 106 Å². The number of carbonyl (C=O) groups is 11. The van der Waals surface area contributed by atoms with Crippen LogP contribution in [0.15, 0.2) is 35.4 Å². The number of nitrogens with zero attached hydrogens (tertiary/aromatic N) is 7. The van der Waals surface area contributed by atoms with Crippen LogP contribution in [-0.2, 0) is 59.0 Å². The number of ketones is 1. The van der Waals surface area contributed by atoms with E-state index in [0.29, 0.717) is 60.7 Å². The summed E-state index contributed by atoms with van der Waals surface area (Å²) in [5.74, 6) is 10.7. The first-order chi connectivity index (χ1) is 53.5. The van der Waals surface area contributed by atoms with Crippen LogP contribution in [0.4, 0.5) is 14.4 Å². The molecule has 1 aromatic carbocycles. The third-order valence-electron chi connectivity index (χ3n) is 18.0. The SMILES string of the molecule is CC(=O)CN(NC(=O)[C@H](CC1CCCC1)CN(C)C=O)C(C)C.CC(C)(C)OC(=O)NN.CC(C)=NNC(=O)OC(C)(C)C.CC(C)N(CC(=O)N1CCC(Cc2ccccc2)CC1)NC(=O)[C@H](CC1CCCC1)CN(O)C=O.CC(C)NN.CC(C)NNC(=O)OC(C)(C)C.CC(C)NNC(=O)[C@H](CC1CCCC1)CN(C)C=O.Cl. The van der Waals surface area contributed by atoms with Crippen LogP contribution in [0.25, 0.3) is 0 Å². The summed E-state index contributed by atoms with van der Waals surface area (Å²) in [4.78, 5) is 132. The number of benzene rings is 1. The zero-order valence-corrected chi connectivity index (χ0v) is 75.9. The fraction of sp³-hybridized carbons (Fsp3) is 0.780. The van der Waals surface area contributed by atoms with Crippen LogP contribution in [0.3, 0.4) is 0 Å². The van der Waals surface area contributed by atoms with Crippen molar-refractivity contribution in [2.24, 2.45) is 58.2 Å². The van der Waals surface area contributed by atoms with E-state index < -0.39 is 41.0 Å². The minimum absolute atomic E-state index is 0. The smallest absolute Gasteiger partial charge is 0.428 e. The monoisotopic (exact) mass is 1670 g/mol. The van der Waals surface area contributed by atoms with Crippen LogP contribution in [0.2, 0.25) is 0 Å². The Hall–Kier alpha value is -7.37. The fourth-order valence-corrected chi connectivity index (χ4v) is 12.4. The van der Waals surface area contributed by atoms with E-state index >= 15 is 0 Å². The van der Waals surface area contributed by atoms with E-state index in [1.54, 1.807) is 84.4 Å². The number of hydrazine groups is 6. The average molecular weight is 1670 g/mol. The predicted octanol–water partition coefficient (Wildman–Crippen LogP) is 10.2. The Balaban J connectivity index is -0.00000138. The van der Waals surface area contributed by atoms with Gasteiger partial charge in [-0.15, -0.1) is 12.4 Å². The maximum absolute atomic E-state index is 13.1. The number of rotatable bonds is 34. The number of carbonyl (C=O) groups excluding carboxylic acids is 11. The number of halogens is 1. The summed E-state index contributed by atoms with van der Waals surface area (Å²) < 4.78 is 14.6. The molecule has 672 valence electrons. The Morgan fingerprint density at radius 3 is 1.22 bits per heavy atom. The van der Waals surface area contributed by atoms with Gasteiger partial charge in [-0.3, -0.25) is 82.0 Å². The van der Waals surface area contributed by atoms with E-state index in [2.05, 4.69) is 72.8 Å². The highest BCUT2D eigenvalue weighted by Gasteiger charge is 2.33. The van der Waals surface area contributed by atoms with Crippen molar-refractivity contribution in [3.05, 3.63) is 35.9 Å². The lowest BCUT2D eigenvalue weighted by atomic mass is 9.90. The first-order valence-corrected chi connectivity index (χ1v) is 41.2. The number of nitrogens with two attached hydrogens (primary N) is 2. The third kappa shape index (κ3) is 61.0. The molecule has 3 saturated carbocycles. The molecule has 1 saturated heterocycles. The minimum Gasteiger partial charge on any atom is -0.443 e. The Kier molecular flexibility index (Phi) is 60.2. The molecule has 0 aromatic heterocycles. The van der Waals surface area contributed by atoms with E-state index in [1.165, 1.54) is 55.9 Å². The van der Waals surface area contributed by atoms with Gasteiger partial charge in [-0.1, -0.05) is 107 Å². The van der Waals surface area contributed by atoms with Gasteiger partial charge in [0.15, 0.2) is 0 Å². The molecule has 33 nitrogen and oxygen atoms in total. The molecule has 0 bridgehead atoms. The molecule has 5 rings (SSSR count). The summed E-state index contributed by atoms with van der Waals surface area (Å²) in [6.07, 6.45) is 19.8. The Bertz CT molecular complexity index is 2930. The first kappa shape index (κ1) is 113. The third-order valence-corrected chi connectivity index (χ3v) is 18.0. The van der Waals surface area contributed by atoms with E-state index in [9.17, 15) is 57.9 Å². The number of ether oxygens (including phenoxy) is 3. The Morgan fingerprint density at radius 1 is 0.517 bits per heavy atom. The molecule has 116 heavy (non-hydrogen) atoms. The number of piperidine rings is 1. The minimum atomic E-state index is -0.609. The molecule has 0 radical (unpaired) electrons. The largest absolute Gasteiger partial charge is 0.443 e. The number of nitrogens with one attached hydrogen (secondary N) is 9. The van der Waals surface area contributed by atoms with Crippen LogP contribution in [-0.4, -0.2) is 215 Å². The van der Waals surface area contributed by atoms with Crippen molar-refractivity contribution < 1.29 is 72.2 Å². The summed E-state index contributed by atoms with van der Waals surface area (Å²) in [5.41, 5.74) is 24.1. The Morgan fingerprint density at radius 2 is 0.888 bits per heavy atom. The van der Waals surface area contributed by atoms with Crippen molar-refractivity contribution in [3.63, 3.8) is 0 Å². The number of hydrogen-bond acceptors (Lipinski definition) is 23. The maximum atomic E-state index is 13.1. The average Bonchev–Trinajstić information content (AvgIpc) is 0.945. The number of likely N-dealkylation sites (tertiary alicyclic amines) is 1. The van der Waals surface area contributed by atoms with Gasteiger partial charge >= 0.3 is 18.3 Å². The molecule has 1 heterocycles. The molecule has 34 heteroatoms. The van der Waals surface area contributed by atoms with Crippen LogP contribution < -0.4 is 60.5 Å². The van der Waals surface area contributed by atoms with Crippen LogP contribution in [0.1, 0.15) is 267 Å². The number of amides is 10. The van der Waals surface area contributed by atoms with Crippen LogP contribution >= 0.6 is 12.4 Å². The van der Waals surface area contributed by atoms with Gasteiger partial charge in [-0.2, -0.15) is 5.10 Å². The van der Waals surface area contributed by atoms with Gasteiger partial charge in [0.25, 0.3) is 0 Å². The van der Waals surface area contributed by atoms with Crippen molar-refractivity contribution in [2.75, 3.05) is 59.9 Å². The predicted molar refractivity (Wildman–Crippen MR) is 458 cm³/mol. The summed E-state index contributed by atoms with van der Waals surface area (Å²) in [5, 5.41) is 17.3. The van der Waals surface area contributed by atoms with Crippen LogP contribution in [0, 0.1) is 41.4 Å². The molecule has 1 aliphatic heterocycles. The summed E-state index contributed by atoms with van der Waals surface area (Å²) in [6, 6.07) is 11.3. The van der Waals surface area contributed by atoms with Crippen LogP contribution in [0.5, 0.6) is 0 Å². The number of hydrogen-bond donors (Lipinski definition) is 12. The first-order valence-electron chi connectivity index (χ1n) is 41.2. The lowest BCUT2D eigenvalue weighted by Crippen LogP contribution is -2.54. The summed E-state index contributed by atoms with van der Waals surface area (Å²) >= 11 is 0. The zero-order chi connectivity index (χ0) is 88.2. The van der Waals surface area contributed by atoms with Gasteiger partial charge in [-0.05, 0) is 220 Å². The number of hydroxylamine groups is 2. The topological polar surface area (TPSA) is 428 Å². The van der Waals surface area contributed by atoms with E-state index in [-0.39, 0.29) is 97.5 Å². The van der Waals surface area contributed by atoms with Gasteiger partial charge in [-0.25, -0.2) is 51.6 Å². The molecular formula is C82H157ClN18O15. The lowest BCUT2D eigenvalue weighted by molar-refractivity contribution is -0.156. The zero-order valence-electron chi connectivity index (χ0n) is 75.1. The number of Topliss-reactive ketones (excluding diaryl/α,β-unsaturated/α-hetero) is 1. The molecule has 0 unspecified atom stereocenters. The molecule has 14 N–H and O–H groups in total. The van der Waals surface area contributed by atoms with Crippen molar-refractivity contribution in [1.82, 2.24) is 78.6 Å². The van der Waals surface area contributed by atoms with Crippen molar-refractivity contribution >= 4 is 85.0 Å². The van der Waals surface area contributed by atoms with Gasteiger partial charge in [0.05, 0.1) is 37.4 Å². The second-order valence-corrected chi connectivity index (χ2v) is 35.0. The highest BCUT2D eigenvalue weighted by molar-refractivity contribution is 5.85. The molecule has 3 atom stereocenters. The summed E-state index contributed by atoms with van der Waals surface area (Å²) in [6.45, 7) is 43.4. The van der Waals surface area contributed by atoms with E-state index in [4.69, 9.17) is 25.9 Å². The summed E-state index contributed by atoms with van der Waals surface area (Å²) in [7, 11) is 3.41. The highest BCUT2D eigenvalue weighted by atomic mass is 35.5. The van der Waals surface area contributed by atoms with Crippen molar-refractivity contribution in [1.29, 1.82) is 0 Å². The maximum Gasteiger partial charge on any atom is 0.428 e. The van der Waals surface area contributed by atoms with Gasteiger partial charge in [0, 0.05) is 76.2 Å². The molecular weight excluding hydrogens is 1510 g/mol. The normalized spacial score (nSPS) is 15.1. The molecule has 4 aliphatic rings. The Labute approximate surface area is 701 Å². The van der Waals surface area contributed by atoms with E-state index in [0.717, 1.165) is 102 Å². The quantitative estimate of drug-likeness (QED) is 0.00580. The molecule has 0 spiro atoms. The molecule has 1 aromatic rings. The van der Waals surface area contributed by atoms with Crippen molar-refractivity contribution in [2.45, 2.75) is 315 Å². The van der Waals surface area contributed by atoms with Gasteiger partial charge in [0.1, 0.15) is 22.6 Å². The number of hydrazone groups is 1. The van der Waals surface area contributed by atoms with Gasteiger partial charge < -0.3 is 28.9 Å². The second-order valence-electron chi connectivity index (χ2n) is 35.0. The second kappa shape index (κ2) is 61.9. The van der Waals surface area contributed by atoms with Gasteiger partial charge in [0.2, 0.25) is 42.9 Å². The highest BCUT2D eigenvalue weighted by Crippen LogP contribution is 2.33. The molecule has 3 aliphatic carbocycles. The lowest BCUT2D eigenvalue weighted by Gasteiger charge is -2.35. The molecule has 10 amide bonds. The van der Waals surface area contributed by atoms with Crippen molar-refractivity contribution in [3.8, 4) is 0 Å².